The molecule has 1 aliphatic rings. The summed E-state index contributed by atoms with van der Waals surface area (Å²) in [5.41, 5.74) is 1.38. The number of likely N-dealkylation sites (tertiary alicyclic amines) is 1. The van der Waals surface area contributed by atoms with Crippen LogP contribution >= 0.6 is 24.0 Å². The second-order valence-corrected chi connectivity index (χ2v) is 6.97. The summed E-state index contributed by atoms with van der Waals surface area (Å²) in [5, 5.41) is 6.90. The van der Waals surface area contributed by atoms with Gasteiger partial charge in [0.05, 0.1) is 7.11 Å². The fourth-order valence-corrected chi connectivity index (χ4v) is 3.26. The van der Waals surface area contributed by atoms with Crippen molar-refractivity contribution in [1.29, 1.82) is 0 Å². The summed E-state index contributed by atoms with van der Waals surface area (Å²) in [5.74, 6) is 0.739. The number of piperidine rings is 1. The van der Waals surface area contributed by atoms with Crippen molar-refractivity contribution in [2.45, 2.75) is 51.6 Å². The molecule has 1 aromatic rings. The van der Waals surface area contributed by atoms with Crippen LogP contribution in [0.15, 0.2) is 35.3 Å². The van der Waals surface area contributed by atoms with Crippen LogP contribution in [0, 0.1) is 0 Å². The average Bonchev–Trinajstić information content (AvgIpc) is 2.70. The van der Waals surface area contributed by atoms with Gasteiger partial charge in [0, 0.05) is 45.2 Å². The van der Waals surface area contributed by atoms with E-state index >= 15 is 0 Å². The number of hydrogen-bond donors (Lipinski definition) is 2. The molecule has 1 fully saturated rings. The fraction of sp³-hybridized carbons (Fsp3) is 0.619. The molecule has 0 unspecified atom stereocenters. The highest BCUT2D eigenvalue weighted by Crippen LogP contribution is 2.13. The summed E-state index contributed by atoms with van der Waals surface area (Å²) in [6.45, 7) is 6.88. The van der Waals surface area contributed by atoms with Gasteiger partial charge in [0.1, 0.15) is 0 Å². The first-order valence-electron chi connectivity index (χ1n) is 10.1. The molecule has 2 rings (SSSR count). The molecule has 7 heteroatoms. The van der Waals surface area contributed by atoms with Crippen molar-refractivity contribution in [3.05, 3.63) is 35.9 Å². The van der Waals surface area contributed by atoms with E-state index in [0.717, 1.165) is 64.4 Å². The number of aliphatic imine (C=N–C) groups is 1. The molecule has 1 saturated heterocycles. The predicted octanol–water partition coefficient (Wildman–Crippen LogP) is 3.17. The van der Waals surface area contributed by atoms with Crippen LogP contribution in [-0.4, -0.2) is 56.2 Å². The van der Waals surface area contributed by atoms with Gasteiger partial charge in [0.15, 0.2) is 5.96 Å². The highest BCUT2D eigenvalue weighted by molar-refractivity contribution is 14.0. The normalized spacial score (nSPS) is 15.6. The standard InChI is InChI=1S/C21H34N4O2.HI/c1-3-22-21(23-14-8-7-11-20(26)27-2)24-19-12-15-25(16-13-19)17-18-9-5-4-6-10-18;/h4-6,9-10,19H,3,7-8,11-17H2,1-2H3,(H2,22,23,24);1H. The van der Waals surface area contributed by atoms with Crippen LogP contribution in [0.25, 0.3) is 0 Å². The number of ether oxygens (including phenoxy) is 1. The van der Waals surface area contributed by atoms with Crippen LogP contribution in [0.4, 0.5) is 0 Å². The summed E-state index contributed by atoms with van der Waals surface area (Å²) >= 11 is 0. The average molecular weight is 502 g/mol. The van der Waals surface area contributed by atoms with Crippen molar-refractivity contribution in [3.8, 4) is 0 Å². The summed E-state index contributed by atoms with van der Waals surface area (Å²) in [7, 11) is 1.43. The van der Waals surface area contributed by atoms with E-state index < -0.39 is 0 Å². The molecule has 0 aromatic heterocycles. The molecule has 158 valence electrons. The monoisotopic (exact) mass is 502 g/mol. The van der Waals surface area contributed by atoms with Gasteiger partial charge in [-0.25, -0.2) is 0 Å². The van der Waals surface area contributed by atoms with Crippen molar-refractivity contribution in [2.75, 3.05) is 33.3 Å². The Morgan fingerprint density at radius 2 is 1.93 bits per heavy atom. The number of esters is 1. The van der Waals surface area contributed by atoms with Crippen LogP contribution < -0.4 is 10.6 Å². The van der Waals surface area contributed by atoms with Crippen molar-refractivity contribution in [2.24, 2.45) is 4.99 Å². The van der Waals surface area contributed by atoms with E-state index in [1.165, 1.54) is 12.7 Å². The zero-order valence-corrected chi connectivity index (χ0v) is 19.5. The molecule has 0 amide bonds. The molecule has 0 radical (unpaired) electrons. The Kier molecular flexibility index (Phi) is 12.9. The lowest BCUT2D eigenvalue weighted by Gasteiger charge is -2.33. The van der Waals surface area contributed by atoms with Gasteiger partial charge in [-0.3, -0.25) is 14.7 Å². The quantitative estimate of drug-likeness (QED) is 0.179. The van der Waals surface area contributed by atoms with Crippen molar-refractivity contribution in [1.82, 2.24) is 15.5 Å². The number of nitrogens with zero attached hydrogens (tertiary/aromatic N) is 2. The van der Waals surface area contributed by atoms with E-state index in [1.54, 1.807) is 0 Å². The summed E-state index contributed by atoms with van der Waals surface area (Å²) in [6.07, 6.45) is 4.42. The van der Waals surface area contributed by atoms with Gasteiger partial charge in [0.2, 0.25) is 0 Å². The zero-order valence-electron chi connectivity index (χ0n) is 17.2. The number of nitrogens with one attached hydrogen (secondary N) is 2. The van der Waals surface area contributed by atoms with E-state index in [0.29, 0.717) is 12.5 Å². The Hall–Kier alpha value is -1.35. The molecule has 0 atom stereocenters. The number of benzene rings is 1. The summed E-state index contributed by atoms with van der Waals surface area (Å²) < 4.78 is 4.66. The highest BCUT2D eigenvalue weighted by Gasteiger charge is 2.19. The molecule has 6 nitrogen and oxygen atoms in total. The number of halogens is 1. The van der Waals surface area contributed by atoms with Gasteiger partial charge in [-0.05, 0) is 38.2 Å². The van der Waals surface area contributed by atoms with Crippen molar-refractivity contribution < 1.29 is 9.53 Å². The lowest BCUT2D eigenvalue weighted by Crippen LogP contribution is -2.48. The van der Waals surface area contributed by atoms with Crippen LogP contribution in [0.2, 0.25) is 0 Å². The van der Waals surface area contributed by atoms with Gasteiger partial charge >= 0.3 is 5.97 Å². The van der Waals surface area contributed by atoms with Crippen molar-refractivity contribution in [3.63, 3.8) is 0 Å². The fourth-order valence-electron chi connectivity index (χ4n) is 3.26. The van der Waals surface area contributed by atoms with Gasteiger partial charge < -0.3 is 15.4 Å². The molecule has 1 aliphatic heterocycles. The molecule has 1 heterocycles. The maximum atomic E-state index is 11.1. The van der Waals surface area contributed by atoms with E-state index in [-0.39, 0.29) is 29.9 Å². The highest BCUT2D eigenvalue weighted by atomic mass is 127. The molecule has 1 aromatic carbocycles. The number of carbonyl (C=O) groups is 1. The van der Waals surface area contributed by atoms with Crippen LogP contribution in [-0.2, 0) is 16.1 Å². The Bertz CT molecular complexity index is 575. The Labute approximate surface area is 186 Å². The predicted molar refractivity (Wildman–Crippen MR) is 125 cm³/mol. The van der Waals surface area contributed by atoms with E-state index in [4.69, 9.17) is 0 Å². The lowest BCUT2D eigenvalue weighted by molar-refractivity contribution is -0.140. The minimum atomic E-state index is -0.147. The van der Waals surface area contributed by atoms with Crippen LogP contribution in [0.1, 0.15) is 44.6 Å². The SMILES string of the molecule is CCNC(=NCCCCC(=O)OC)NC1CCN(Cc2ccccc2)CC1.I. The van der Waals surface area contributed by atoms with E-state index in [9.17, 15) is 4.79 Å². The Morgan fingerprint density at radius 1 is 1.21 bits per heavy atom. The second-order valence-electron chi connectivity index (χ2n) is 6.97. The maximum absolute atomic E-state index is 11.1. The molecule has 28 heavy (non-hydrogen) atoms. The third-order valence-electron chi connectivity index (χ3n) is 4.81. The Morgan fingerprint density at radius 3 is 2.57 bits per heavy atom. The molecular formula is C21H35IN4O2. The van der Waals surface area contributed by atoms with Gasteiger partial charge in [-0.2, -0.15) is 0 Å². The molecule has 0 saturated carbocycles. The first-order chi connectivity index (χ1) is 13.2. The molecule has 2 N–H and O–H groups in total. The third-order valence-corrected chi connectivity index (χ3v) is 4.81. The zero-order chi connectivity index (χ0) is 19.3. The molecular weight excluding hydrogens is 467 g/mol. The van der Waals surface area contributed by atoms with Gasteiger partial charge in [-0.15, -0.1) is 24.0 Å². The summed E-state index contributed by atoms with van der Waals surface area (Å²) in [4.78, 5) is 18.3. The lowest BCUT2D eigenvalue weighted by atomic mass is 10.0. The van der Waals surface area contributed by atoms with Crippen LogP contribution in [0.3, 0.4) is 0 Å². The van der Waals surface area contributed by atoms with Gasteiger partial charge in [0.25, 0.3) is 0 Å². The Balaban J connectivity index is 0.00000392. The summed E-state index contributed by atoms with van der Waals surface area (Å²) in [6, 6.07) is 11.1. The number of hydrogen-bond acceptors (Lipinski definition) is 4. The number of guanidine groups is 1. The van der Waals surface area contributed by atoms with E-state index in [1.807, 2.05) is 0 Å². The number of unbranched alkanes of at least 4 members (excludes halogenated alkanes) is 1. The van der Waals surface area contributed by atoms with Crippen LogP contribution in [0.5, 0.6) is 0 Å². The second kappa shape index (κ2) is 14.6. The number of methoxy groups -OCH3 is 1. The third kappa shape index (κ3) is 9.73. The minimum absolute atomic E-state index is 0. The maximum Gasteiger partial charge on any atom is 0.305 e. The topological polar surface area (TPSA) is 66.0 Å². The molecule has 0 aliphatic carbocycles. The first-order valence-corrected chi connectivity index (χ1v) is 10.1. The molecule has 0 bridgehead atoms. The van der Waals surface area contributed by atoms with E-state index in [2.05, 4.69) is 62.5 Å². The van der Waals surface area contributed by atoms with Crippen molar-refractivity contribution >= 4 is 35.9 Å². The number of carbonyl (C=O) groups excluding carboxylic acids is 1. The van der Waals surface area contributed by atoms with Gasteiger partial charge in [-0.1, -0.05) is 30.3 Å². The first kappa shape index (κ1) is 24.7. The number of rotatable bonds is 9. The largest absolute Gasteiger partial charge is 0.469 e. The molecule has 0 spiro atoms. The minimum Gasteiger partial charge on any atom is -0.469 e. The smallest absolute Gasteiger partial charge is 0.305 e.